The molecule has 0 saturated carbocycles. The van der Waals surface area contributed by atoms with E-state index in [1.807, 2.05) is 0 Å². The minimum absolute atomic E-state index is 0. The fourth-order valence-electron chi connectivity index (χ4n) is 1.75. The molecule has 0 unspecified atom stereocenters. The third kappa shape index (κ3) is 1.31. The quantitative estimate of drug-likeness (QED) is 0.671. The van der Waals surface area contributed by atoms with E-state index >= 15 is 0 Å². The summed E-state index contributed by atoms with van der Waals surface area (Å²) in [4.78, 5) is 0. The van der Waals surface area contributed by atoms with E-state index in [-0.39, 0.29) is 1.43 Å². The second-order valence-corrected chi connectivity index (χ2v) is 3.38. The Bertz CT molecular complexity index is 283. The van der Waals surface area contributed by atoms with Crippen LogP contribution in [0.1, 0.15) is 25.9 Å². The number of anilines is 1. The van der Waals surface area contributed by atoms with Crippen LogP contribution in [-0.2, 0) is 12.8 Å². The van der Waals surface area contributed by atoms with Crippen molar-refractivity contribution in [3.63, 3.8) is 0 Å². The van der Waals surface area contributed by atoms with E-state index in [1.165, 1.54) is 29.7 Å². The number of nitrogens with one attached hydrogen (secondary N) is 1. The molecule has 0 atom stereocenters. The first-order valence-electron chi connectivity index (χ1n) is 4.76. The highest BCUT2D eigenvalue weighted by Gasteiger charge is 2.07. The van der Waals surface area contributed by atoms with Crippen molar-refractivity contribution in [2.24, 2.45) is 0 Å². The fourth-order valence-corrected chi connectivity index (χ4v) is 1.75. The number of hydrogen-bond acceptors (Lipinski definition) is 1. The lowest BCUT2D eigenvalue weighted by Crippen LogP contribution is -2.11. The van der Waals surface area contributed by atoms with Gasteiger partial charge in [-0.2, -0.15) is 0 Å². The molecule has 0 saturated heterocycles. The van der Waals surface area contributed by atoms with Crippen LogP contribution in [0.15, 0.2) is 18.2 Å². The lowest BCUT2D eigenvalue weighted by Gasteiger charge is -2.18. The van der Waals surface area contributed by atoms with E-state index in [9.17, 15) is 0 Å². The van der Waals surface area contributed by atoms with Gasteiger partial charge in [-0.25, -0.2) is 0 Å². The van der Waals surface area contributed by atoms with Crippen molar-refractivity contribution in [2.45, 2.75) is 26.2 Å². The van der Waals surface area contributed by atoms with Gasteiger partial charge in [-0.1, -0.05) is 19.1 Å². The molecule has 0 fully saturated rings. The van der Waals surface area contributed by atoms with E-state index in [0.717, 1.165) is 13.0 Å². The van der Waals surface area contributed by atoms with Gasteiger partial charge in [0.15, 0.2) is 0 Å². The molecule has 1 aliphatic rings. The molecule has 1 nitrogen and oxygen atoms in total. The van der Waals surface area contributed by atoms with Crippen LogP contribution >= 0.6 is 0 Å². The summed E-state index contributed by atoms with van der Waals surface area (Å²) >= 11 is 0. The van der Waals surface area contributed by atoms with Crippen molar-refractivity contribution in [3.8, 4) is 0 Å². The van der Waals surface area contributed by atoms with Crippen molar-refractivity contribution in [3.05, 3.63) is 29.3 Å². The van der Waals surface area contributed by atoms with Crippen LogP contribution in [0.3, 0.4) is 0 Å². The molecule has 0 bridgehead atoms. The molecule has 1 aromatic carbocycles. The van der Waals surface area contributed by atoms with E-state index in [4.69, 9.17) is 0 Å². The topological polar surface area (TPSA) is 12.0 Å². The molecular formula is C11H17N. The maximum Gasteiger partial charge on any atom is 0.0372 e. The zero-order chi connectivity index (χ0) is 8.39. The molecule has 1 aromatic rings. The third-order valence-electron chi connectivity index (χ3n) is 2.52. The van der Waals surface area contributed by atoms with Crippen molar-refractivity contribution >= 4 is 5.69 Å². The Kier molecular flexibility index (Phi) is 2.03. The highest BCUT2D eigenvalue weighted by molar-refractivity contribution is 5.54. The lowest BCUT2D eigenvalue weighted by molar-refractivity contribution is 0.827. The van der Waals surface area contributed by atoms with E-state index < -0.39 is 0 Å². The molecule has 0 radical (unpaired) electrons. The molecule has 0 amide bonds. The molecule has 66 valence electrons. The molecule has 0 spiro atoms. The van der Waals surface area contributed by atoms with Gasteiger partial charge < -0.3 is 5.32 Å². The Balaban J connectivity index is 0.000000845. The van der Waals surface area contributed by atoms with E-state index in [0.29, 0.717) is 0 Å². The summed E-state index contributed by atoms with van der Waals surface area (Å²) in [5, 5.41) is 3.41. The van der Waals surface area contributed by atoms with Crippen LogP contribution < -0.4 is 5.32 Å². The summed E-state index contributed by atoms with van der Waals surface area (Å²) in [5.41, 5.74) is 4.30. The number of aryl methyl sites for hydroxylation is 2. The predicted octanol–water partition coefficient (Wildman–Crippen LogP) is 2.85. The molecule has 1 N–H and O–H groups in total. The number of hydrogen-bond donors (Lipinski definition) is 1. The summed E-state index contributed by atoms with van der Waals surface area (Å²) < 4.78 is 0. The maximum absolute atomic E-state index is 3.41. The van der Waals surface area contributed by atoms with Gasteiger partial charge in [0, 0.05) is 13.7 Å². The fraction of sp³-hybridized carbons (Fsp3) is 0.455. The third-order valence-corrected chi connectivity index (χ3v) is 2.52. The van der Waals surface area contributed by atoms with E-state index in [2.05, 4.69) is 30.4 Å². The van der Waals surface area contributed by atoms with E-state index in [1.54, 1.807) is 0 Å². The van der Waals surface area contributed by atoms with Gasteiger partial charge in [0.1, 0.15) is 0 Å². The van der Waals surface area contributed by atoms with Gasteiger partial charge in [0.05, 0.1) is 0 Å². The van der Waals surface area contributed by atoms with Crippen molar-refractivity contribution in [1.82, 2.24) is 0 Å². The van der Waals surface area contributed by atoms with Crippen LogP contribution in [0.5, 0.6) is 0 Å². The van der Waals surface area contributed by atoms with Crippen molar-refractivity contribution in [1.29, 1.82) is 0 Å². The molecule has 12 heavy (non-hydrogen) atoms. The Morgan fingerprint density at radius 1 is 1.50 bits per heavy atom. The Labute approximate surface area is 75.3 Å². The average Bonchev–Trinajstić information content (AvgIpc) is 2.17. The average molecular weight is 163 g/mol. The maximum atomic E-state index is 3.41. The monoisotopic (exact) mass is 163 g/mol. The molecule has 0 aromatic heterocycles. The van der Waals surface area contributed by atoms with Gasteiger partial charge in [0.2, 0.25) is 0 Å². The summed E-state index contributed by atoms with van der Waals surface area (Å²) in [6.07, 6.45) is 3.67. The summed E-state index contributed by atoms with van der Waals surface area (Å²) in [7, 11) is 0. The summed E-state index contributed by atoms with van der Waals surface area (Å²) in [6.45, 7) is 3.34. The first kappa shape index (κ1) is 7.66. The molecular weight excluding hydrogens is 146 g/mol. The first-order valence-corrected chi connectivity index (χ1v) is 4.76. The molecule has 1 aliphatic heterocycles. The first-order chi connectivity index (χ1) is 5.90. The second kappa shape index (κ2) is 3.18. The number of benzene rings is 1. The number of rotatable bonds is 1. The molecule has 1 heteroatoms. The smallest absolute Gasteiger partial charge is 0.0372 e. The standard InChI is InChI=1S/C11H15N.H2/c1-2-9-5-6-11-10(8-9)4-3-7-12-11;/h5-6,8,12H,2-4,7H2,1H3;1H. The largest absolute Gasteiger partial charge is 0.385 e. The highest BCUT2D eigenvalue weighted by Crippen LogP contribution is 2.22. The molecule has 2 rings (SSSR count). The minimum Gasteiger partial charge on any atom is -0.385 e. The number of fused-ring (bicyclic) bond motifs is 1. The van der Waals surface area contributed by atoms with Crippen molar-refractivity contribution < 1.29 is 1.43 Å². The SMILES string of the molecule is CCc1ccc2c(c1)CCCN2.[HH]. The highest BCUT2D eigenvalue weighted by atomic mass is 14.9. The zero-order valence-corrected chi connectivity index (χ0v) is 7.56. The zero-order valence-electron chi connectivity index (χ0n) is 7.56. The van der Waals surface area contributed by atoms with Gasteiger partial charge in [-0.15, -0.1) is 0 Å². The van der Waals surface area contributed by atoms with Gasteiger partial charge >= 0.3 is 0 Å². The van der Waals surface area contributed by atoms with Gasteiger partial charge in [-0.3, -0.25) is 0 Å². The Morgan fingerprint density at radius 2 is 2.42 bits per heavy atom. The predicted molar refractivity (Wildman–Crippen MR) is 54.7 cm³/mol. The normalized spacial score (nSPS) is 15.1. The van der Waals surface area contributed by atoms with Crippen molar-refractivity contribution in [2.75, 3.05) is 11.9 Å². The summed E-state index contributed by atoms with van der Waals surface area (Å²) in [5.74, 6) is 0. The van der Waals surface area contributed by atoms with Crippen LogP contribution in [0.25, 0.3) is 0 Å². The molecule has 1 heterocycles. The van der Waals surface area contributed by atoms with Crippen LogP contribution in [0.2, 0.25) is 0 Å². The second-order valence-electron chi connectivity index (χ2n) is 3.38. The molecule has 0 aliphatic carbocycles. The van der Waals surface area contributed by atoms with Gasteiger partial charge in [0.25, 0.3) is 0 Å². The Morgan fingerprint density at radius 3 is 3.25 bits per heavy atom. The van der Waals surface area contributed by atoms with Crippen LogP contribution in [0, 0.1) is 0 Å². The Hall–Kier alpha value is -0.980. The summed E-state index contributed by atoms with van der Waals surface area (Å²) in [6, 6.07) is 6.77. The lowest BCUT2D eigenvalue weighted by atomic mass is 10.00. The minimum atomic E-state index is 0. The van der Waals surface area contributed by atoms with Crippen LogP contribution in [0.4, 0.5) is 5.69 Å². The van der Waals surface area contributed by atoms with Crippen LogP contribution in [-0.4, -0.2) is 6.54 Å². The van der Waals surface area contributed by atoms with Gasteiger partial charge in [-0.05, 0) is 36.5 Å².